The number of rotatable bonds is 6. The number of Topliss-reactive ketones (excluding diaryl/α,β-unsaturated/α-hetero) is 2. The molecule has 0 aromatic rings. The molecule has 35 heavy (non-hydrogen) atoms. The molecule has 3 fully saturated rings. The SMILES string of the molecule is CCCNCC(=O)NC1=CCC2CC3CC4CC(O)C(C(N)=O)C(=O)C4C(O)(O)C3C(=O)C2=C1O. The fraction of sp³-hybridized carbons (Fsp3) is 0.667. The van der Waals surface area contributed by atoms with Gasteiger partial charge in [0.25, 0.3) is 0 Å². The van der Waals surface area contributed by atoms with Gasteiger partial charge in [-0.15, -0.1) is 0 Å². The first kappa shape index (κ1) is 25.5. The molecule has 0 bridgehead atoms. The highest BCUT2D eigenvalue weighted by Gasteiger charge is 2.65. The molecule has 8 N–H and O–H groups in total. The summed E-state index contributed by atoms with van der Waals surface area (Å²) in [5.41, 5.74) is 5.38. The minimum absolute atomic E-state index is 0.00577. The van der Waals surface area contributed by atoms with Gasteiger partial charge in [0.2, 0.25) is 11.8 Å². The summed E-state index contributed by atoms with van der Waals surface area (Å²) in [6.07, 6.45) is 2.19. The van der Waals surface area contributed by atoms with E-state index in [1.54, 1.807) is 6.08 Å². The molecule has 7 unspecified atom stereocenters. The van der Waals surface area contributed by atoms with Gasteiger partial charge in [-0.3, -0.25) is 19.2 Å². The highest BCUT2D eigenvalue weighted by Crippen LogP contribution is 2.56. The molecule has 192 valence electrons. The van der Waals surface area contributed by atoms with Crippen LogP contribution in [0.2, 0.25) is 0 Å². The first-order valence-electron chi connectivity index (χ1n) is 12.1. The number of hydrogen-bond acceptors (Lipinski definition) is 9. The molecule has 4 aliphatic carbocycles. The molecule has 4 rings (SSSR count). The van der Waals surface area contributed by atoms with Crippen LogP contribution < -0.4 is 16.4 Å². The zero-order valence-corrected chi connectivity index (χ0v) is 19.6. The maximum atomic E-state index is 13.6. The standard InChI is InChI=1S/C24H33N3O8/c1-2-5-26-9-15(29)27-13-4-3-10-6-11-7-12-8-14(28)17(23(25)33)22(32)19(12)24(34,35)18(11)21(31)16(10)20(13)30/h4,10-12,14,17-19,26,28,30,34-35H,2-3,5-9H2,1H3,(H2,25,33)(H,27,29). The molecular formula is C24H33N3O8. The Morgan fingerprint density at radius 3 is 2.49 bits per heavy atom. The summed E-state index contributed by atoms with van der Waals surface area (Å²) in [5, 5.41) is 49.1. The van der Waals surface area contributed by atoms with E-state index >= 15 is 0 Å². The molecular weight excluding hydrogens is 458 g/mol. The van der Waals surface area contributed by atoms with Crippen molar-refractivity contribution in [2.24, 2.45) is 41.2 Å². The van der Waals surface area contributed by atoms with Crippen LogP contribution in [0.25, 0.3) is 0 Å². The summed E-state index contributed by atoms with van der Waals surface area (Å²) in [7, 11) is 0. The number of aliphatic hydroxyl groups excluding tert-OH is 2. The number of ketones is 2. The van der Waals surface area contributed by atoms with E-state index in [0.717, 1.165) is 6.42 Å². The van der Waals surface area contributed by atoms with Crippen molar-refractivity contribution in [1.29, 1.82) is 0 Å². The van der Waals surface area contributed by atoms with Crippen molar-refractivity contribution >= 4 is 23.4 Å². The molecule has 3 saturated carbocycles. The fourth-order valence-electron chi connectivity index (χ4n) is 6.58. The summed E-state index contributed by atoms with van der Waals surface area (Å²) in [6.45, 7) is 2.64. The van der Waals surface area contributed by atoms with E-state index in [-0.39, 0.29) is 36.1 Å². The van der Waals surface area contributed by atoms with Gasteiger partial charge in [-0.2, -0.15) is 0 Å². The van der Waals surface area contributed by atoms with Gasteiger partial charge in [0, 0.05) is 5.57 Å². The summed E-state index contributed by atoms with van der Waals surface area (Å²) < 4.78 is 0. The van der Waals surface area contributed by atoms with Gasteiger partial charge in [0.15, 0.2) is 17.4 Å². The Morgan fingerprint density at radius 2 is 1.83 bits per heavy atom. The van der Waals surface area contributed by atoms with Crippen molar-refractivity contribution in [3.63, 3.8) is 0 Å². The largest absolute Gasteiger partial charge is 0.505 e. The average molecular weight is 492 g/mol. The van der Waals surface area contributed by atoms with Crippen LogP contribution in [0.15, 0.2) is 23.1 Å². The molecule has 11 nitrogen and oxygen atoms in total. The molecule has 7 atom stereocenters. The maximum Gasteiger partial charge on any atom is 0.238 e. The maximum absolute atomic E-state index is 13.6. The van der Waals surface area contributed by atoms with Gasteiger partial charge < -0.3 is 36.8 Å². The highest BCUT2D eigenvalue weighted by atomic mass is 16.5. The van der Waals surface area contributed by atoms with E-state index in [1.165, 1.54) is 0 Å². The Kier molecular flexibility index (Phi) is 6.89. The molecule has 2 amide bonds. The number of carbonyl (C=O) groups is 4. The van der Waals surface area contributed by atoms with Crippen molar-refractivity contribution < 1.29 is 39.6 Å². The van der Waals surface area contributed by atoms with Gasteiger partial charge in [-0.05, 0) is 56.4 Å². The van der Waals surface area contributed by atoms with Crippen LogP contribution >= 0.6 is 0 Å². The monoisotopic (exact) mass is 491 g/mol. The Balaban J connectivity index is 1.61. The topological polar surface area (TPSA) is 199 Å². The van der Waals surface area contributed by atoms with E-state index < -0.39 is 64.7 Å². The normalized spacial score (nSPS) is 36.0. The Labute approximate surface area is 202 Å². The predicted molar refractivity (Wildman–Crippen MR) is 121 cm³/mol. The van der Waals surface area contributed by atoms with Crippen molar-refractivity contribution in [3.05, 3.63) is 23.1 Å². The number of allylic oxidation sites excluding steroid dienone is 2. The second-order valence-corrected chi connectivity index (χ2v) is 10.2. The molecule has 0 aromatic heterocycles. The van der Waals surface area contributed by atoms with Gasteiger partial charge in [0.05, 0.1) is 30.2 Å². The zero-order valence-electron chi connectivity index (χ0n) is 19.6. The number of amides is 2. The number of primary amides is 1. The van der Waals surface area contributed by atoms with Crippen LogP contribution in [-0.2, 0) is 19.2 Å². The fourth-order valence-corrected chi connectivity index (χ4v) is 6.58. The smallest absolute Gasteiger partial charge is 0.238 e. The molecule has 11 heteroatoms. The molecule has 0 spiro atoms. The highest BCUT2D eigenvalue weighted by molar-refractivity contribution is 6.05. The van der Waals surface area contributed by atoms with Crippen molar-refractivity contribution in [3.8, 4) is 0 Å². The van der Waals surface area contributed by atoms with E-state index in [4.69, 9.17) is 5.73 Å². The lowest BCUT2D eigenvalue weighted by atomic mass is 9.52. The van der Waals surface area contributed by atoms with E-state index in [2.05, 4.69) is 10.6 Å². The minimum Gasteiger partial charge on any atom is -0.505 e. The molecule has 0 radical (unpaired) electrons. The minimum atomic E-state index is -2.78. The van der Waals surface area contributed by atoms with Crippen molar-refractivity contribution in [1.82, 2.24) is 10.6 Å². The quantitative estimate of drug-likeness (QED) is 0.135. The first-order valence-corrected chi connectivity index (χ1v) is 12.1. The van der Waals surface area contributed by atoms with Gasteiger partial charge in [0.1, 0.15) is 11.7 Å². The third kappa shape index (κ3) is 4.31. The van der Waals surface area contributed by atoms with Crippen LogP contribution in [-0.4, -0.2) is 68.8 Å². The Hall–Kier alpha value is -2.60. The number of fused-ring (bicyclic) bond motifs is 3. The summed E-state index contributed by atoms with van der Waals surface area (Å²) in [5.74, 6) is -12.1. The number of hydrogen-bond donors (Lipinski definition) is 7. The second kappa shape index (κ2) is 9.45. The van der Waals surface area contributed by atoms with Gasteiger partial charge in [-0.25, -0.2) is 0 Å². The number of aliphatic hydroxyl groups is 4. The molecule has 0 heterocycles. The Morgan fingerprint density at radius 1 is 1.14 bits per heavy atom. The second-order valence-electron chi connectivity index (χ2n) is 10.2. The number of carbonyl (C=O) groups excluding carboxylic acids is 4. The number of nitrogens with two attached hydrogens (primary N) is 1. The molecule has 4 aliphatic rings. The van der Waals surface area contributed by atoms with Crippen molar-refractivity contribution in [2.45, 2.75) is 50.9 Å². The van der Waals surface area contributed by atoms with E-state index in [9.17, 15) is 39.6 Å². The lowest BCUT2D eigenvalue weighted by Crippen LogP contribution is -2.66. The van der Waals surface area contributed by atoms with Crippen LogP contribution in [0.5, 0.6) is 0 Å². The lowest BCUT2D eigenvalue weighted by Gasteiger charge is -2.54. The molecule has 0 aliphatic heterocycles. The third-order valence-electron chi connectivity index (χ3n) is 7.96. The predicted octanol–water partition coefficient (Wildman–Crippen LogP) is -1.22. The average Bonchev–Trinajstić information content (AvgIpc) is 2.74. The molecule has 0 saturated heterocycles. The van der Waals surface area contributed by atoms with E-state index in [1.807, 2.05) is 6.92 Å². The van der Waals surface area contributed by atoms with Crippen LogP contribution in [0.3, 0.4) is 0 Å². The Bertz CT molecular complexity index is 1000. The van der Waals surface area contributed by atoms with Crippen LogP contribution in [0.4, 0.5) is 0 Å². The van der Waals surface area contributed by atoms with Crippen LogP contribution in [0.1, 0.15) is 39.0 Å². The lowest BCUT2D eigenvalue weighted by molar-refractivity contribution is -0.272. The molecule has 0 aromatic carbocycles. The first-order chi connectivity index (χ1) is 16.5. The van der Waals surface area contributed by atoms with Crippen molar-refractivity contribution in [2.75, 3.05) is 13.1 Å². The summed E-state index contributed by atoms with van der Waals surface area (Å²) in [6, 6.07) is 0. The van der Waals surface area contributed by atoms with Gasteiger partial charge >= 0.3 is 0 Å². The third-order valence-corrected chi connectivity index (χ3v) is 7.96. The number of nitrogens with one attached hydrogen (secondary N) is 2. The summed E-state index contributed by atoms with van der Waals surface area (Å²) in [4.78, 5) is 50.6. The van der Waals surface area contributed by atoms with Gasteiger partial charge in [-0.1, -0.05) is 13.0 Å². The van der Waals surface area contributed by atoms with E-state index in [0.29, 0.717) is 25.8 Å². The van der Waals surface area contributed by atoms with Crippen LogP contribution in [0, 0.1) is 35.5 Å². The summed E-state index contributed by atoms with van der Waals surface area (Å²) >= 11 is 0. The zero-order chi connectivity index (χ0) is 25.7.